The van der Waals surface area contributed by atoms with Crippen LogP contribution >= 0.6 is 0 Å². The van der Waals surface area contributed by atoms with Crippen molar-refractivity contribution in [2.75, 3.05) is 6.61 Å². The highest BCUT2D eigenvalue weighted by Gasteiger charge is 2.31. The van der Waals surface area contributed by atoms with Gasteiger partial charge in [-0.05, 0) is 40.0 Å². The molecule has 0 amide bonds. The third kappa shape index (κ3) is 3.07. The molecule has 2 N–H and O–H groups in total. The lowest BCUT2D eigenvalue weighted by atomic mass is 9.98. The van der Waals surface area contributed by atoms with Crippen LogP contribution in [0.25, 0.3) is 0 Å². The molecule has 1 heterocycles. The van der Waals surface area contributed by atoms with Crippen LogP contribution in [0.3, 0.4) is 0 Å². The average Bonchev–Trinajstić information content (AvgIpc) is 3.06. The molecule has 0 aliphatic heterocycles. The number of nitrogens with one attached hydrogen (secondary N) is 1. The van der Waals surface area contributed by atoms with Crippen LogP contribution in [-0.4, -0.2) is 32.8 Å². The van der Waals surface area contributed by atoms with E-state index in [-0.39, 0.29) is 12.1 Å². The molecule has 1 aliphatic rings. The van der Waals surface area contributed by atoms with E-state index < -0.39 is 0 Å². The minimum atomic E-state index is -0.161. The highest BCUT2D eigenvalue weighted by molar-refractivity contribution is 5.08. The monoisotopic (exact) mass is 237 g/mol. The lowest BCUT2D eigenvalue weighted by Gasteiger charge is -2.29. The molecular formula is C13H23N3O. The zero-order valence-corrected chi connectivity index (χ0v) is 11.0. The van der Waals surface area contributed by atoms with E-state index in [4.69, 9.17) is 0 Å². The molecule has 0 saturated heterocycles. The summed E-state index contributed by atoms with van der Waals surface area (Å²) in [7, 11) is 0. The fourth-order valence-corrected chi connectivity index (χ4v) is 2.05. The molecule has 0 bridgehead atoms. The van der Waals surface area contributed by atoms with Gasteiger partial charge in [0.25, 0.3) is 0 Å². The Morgan fingerprint density at radius 2 is 2.24 bits per heavy atom. The first kappa shape index (κ1) is 12.6. The zero-order valence-electron chi connectivity index (χ0n) is 11.0. The van der Waals surface area contributed by atoms with Gasteiger partial charge in [-0.25, -0.2) is 4.98 Å². The third-order valence-corrected chi connectivity index (χ3v) is 3.73. The van der Waals surface area contributed by atoms with E-state index in [1.807, 2.05) is 13.3 Å². The van der Waals surface area contributed by atoms with Crippen molar-refractivity contribution in [1.29, 1.82) is 0 Å². The van der Waals surface area contributed by atoms with Gasteiger partial charge in [-0.1, -0.05) is 0 Å². The van der Waals surface area contributed by atoms with Gasteiger partial charge >= 0.3 is 0 Å². The first-order valence-electron chi connectivity index (χ1n) is 6.41. The van der Waals surface area contributed by atoms with E-state index in [0.29, 0.717) is 6.04 Å². The van der Waals surface area contributed by atoms with Gasteiger partial charge in [0.05, 0.1) is 18.6 Å². The summed E-state index contributed by atoms with van der Waals surface area (Å²) < 4.78 is 2.16. The van der Waals surface area contributed by atoms with Crippen LogP contribution in [0.4, 0.5) is 0 Å². The quantitative estimate of drug-likeness (QED) is 0.786. The van der Waals surface area contributed by atoms with Gasteiger partial charge in [0.2, 0.25) is 0 Å². The Morgan fingerprint density at radius 1 is 1.53 bits per heavy atom. The summed E-state index contributed by atoms with van der Waals surface area (Å²) in [5.74, 6) is 0. The van der Waals surface area contributed by atoms with Gasteiger partial charge in [0, 0.05) is 23.8 Å². The number of imidazole rings is 1. The zero-order chi connectivity index (χ0) is 12.5. The van der Waals surface area contributed by atoms with Gasteiger partial charge in [0.15, 0.2) is 0 Å². The van der Waals surface area contributed by atoms with E-state index in [0.717, 1.165) is 18.7 Å². The molecule has 1 atom stereocenters. The highest BCUT2D eigenvalue weighted by atomic mass is 16.3. The van der Waals surface area contributed by atoms with Crippen LogP contribution in [-0.2, 0) is 6.54 Å². The smallest absolute Gasteiger partial charge is 0.0951 e. The Hall–Kier alpha value is -0.870. The number of aromatic nitrogens is 2. The summed E-state index contributed by atoms with van der Waals surface area (Å²) in [4.78, 5) is 4.30. The van der Waals surface area contributed by atoms with Crippen LogP contribution in [0.5, 0.6) is 0 Å². The fourth-order valence-electron chi connectivity index (χ4n) is 2.05. The SMILES string of the molecule is Cc1ncn(CCC(C)(CO)NC2CC2)c1C. The molecule has 4 nitrogen and oxygen atoms in total. The van der Waals surface area contributed by atoms with Crippen molar-refractivity contribution < 1.29 is 5.11 Å². The second-order valence-corrected chi connectivity index (χ2v) is 5.50. The van der Waals surface area contributed by atoms with Crippen LogP contribution in [0, 0.1) is 13.8 Å². The van der Waals surface area contributed by atoms with E-state index in [9.17, 15) is 5.11 Å². The largest absolute Gasteiger partial charge is 0.394 e. The van der Waals surface area contributed by atoms with Crippen LogP contribution in [0.1, 0.15) is 37.6 Å². The highest BCUT2D eigenvalue weighted by Crippen LogP contribution is 2.24. The molecule has 0 aromatic carbocycles. The maximum absolute atomic E-state index is 9.53. The van der Waals surface area contributed by atoms with Gasteiger partial charge in [-0.3, -0.25) is 0 Å². The Balaban J connectivity index is 1.92. The lowest BCUT2D eigenvalue weighted by Crippen LogP contribution is -2.47. The summed E-state index contributed by atoms with van der Waals surface area (Å²) >= 11 is 0. The van der Waals surface area contributed by atoms with Gasteiger partial charge in [0.1, 0.15) is 0 Å². The summed E-state index contributed by atoms with van der Waals surface area (Å²) in [6, 6.07) is 0.623. The molecule has 1 aromatic heterocycles. The summed E-state index contributed by atoms with van der Waals surface area (Å²) in [5.41, 5.74) is 2.15. The molecule has 1 aromatic rings. The van der Waals surface area contributed by atoms with Gasteiger partial charge in [-0.15, -0.1) is 0 Å². The molecule has 0 radical (unpaired) electrons. The molecule has 4 heteroatoms. The van der Waals surface area contributed by atoms with E-state index in [1.165, 1.54) is 18.5 Å². The predicted molar refractivity (Wildman–Crippen MR) is 68.0 cm³/mol. The number of hydrogen-bond donors (Lipinski definition) is 2. The van der Waals surface area contributed by atoms with Crippen molar-refractivity contribution in [3.63, 3.8) is 0 Å². The molecule has 96 valence electrons. The van der Waals surface area contributed by atoms with Crippen molar-refractivity contribution in [2.45, 2.75) is 58.2 Å². The van der Waals surface area contributed by atoms with Crippen LogP contribution in [0.2, 0.25) is 0 Å². The van der Waals surface area contributed by atoms with Crippen molar-refractivity contribution in [2.24, 2.45) is 0 Å². The van der Waals surface area contributed by atoms with E-state index in [2.05, 4.69) is 28.7 Å². The predicted octanol–water partition coefficient (Wildman–Crippen LogP) is 1.39. The summed E-state index contributed by atoms with van der Waals surface area (Å²) in [6.07, 6.45) is 5.31. The van der Waals surface area contributed by atoms with Crippen molar-refractivity contribution >= 4 is 0 Å². The Kier molecular flexibility index (Phi) is 3.54. The first-order valence-corrected chi connectivity index (χ1v) is 6.41. The van der Waals surface area contributed by atoms with E-state index >= 15 is 0 Å². The molecule has 0 spiro atoms. The molecule has 1 aliphatic carbocycles. The molecule has 1 fully saturated rings. The summed E-state index contributed by atoms with van der Waals surface area (Å²) in [6.45, 7) is 7.32. The number of aliphatic hydroxyl groups is 1. The van der Waals surface area contributed by atoms with Crippen molar-refractivity contribution in [1.82, 2.24) is 14.9 Å². The maximum atomic E-state index is 9.53. The van der Waals surface area contributed by atoms with Crippen LogP contribution in [0.15, 0.2) is 6.33 Å². The second kappa shape index (κ2) is 4.78. The maximum Gasteiger partial charge on any atom is 0.0951 e. The molecular weight excluding hydrogens is 214 g/mol. The first-order chi connectivity index (χ1) is 8.04. The minimum absolute atomic E-state index is 0.161. The lowest BCUT2D eigenvalue weighted by molar-refractivity contribution is 0.159. The van der Waals surface area contributed by atoms with Gasteiger partial charge in [-0.2, -0.15) is 0 Å². The number of nitrogens with zero attached hydrogens (tertiary/aromatic N) is 2. The summed E-state index contributed by atoms with van der Waals surface area (Å²) in [5, 5.41) is 13.1. The van der Waals surface area contributed by atoms with Gasteiger partial charge < -0.3 is 15.0 Å². The Morgan fingerprint density at radius 3 is 2.71 bits per heavy atom. The molecule has 17 heavy (non-hydrogen) atoms. The number of hydrogen-bond acceptors (Lipinski definition) is 3. The third-order valence-electron chi connectivity index (χ3n) is 3.73. The second-order valence-electron chi connectivity index (χ2n) is 5.50. The number of aliphatic hydroxyl groups excluding tert-OH is 1. The molecule has 2 rings (SSSR count). The minimum Gasteiger partial charge on any atom is -0.394 e. The fraction of sp³-hybridized carbons (Fsp3) is 0.769. The Bertz CT molecular complexity index is 384. The number of rotatable bonds is 6. The molecule has 1 saturated carbocycles. The van der Waals surface area contributed by atoms with Crippen LogP contribution < -0.4 is 5.32 Å². The van der Waals surface area contributed by atoms with Crippen molar-refractivity contribution in [3.8, 4) is 0 Å². The van der Waals surface area contributed by atoms with Crippen molar-refractivity contribution in [3.05, 3.63) is 17.7 Å². The topological polar surface area (TPSA) is 50.1 Å². The van der Waals surface area contributed by atoms with E-state index in [1.54, 1.807) is 0 Å². The Labute approximate surface area is 103 Å². The molecule has 1 unspecified atom stereocenters. The normalized spacial score (nSPS) is 19.3. The standard InChI is InChI=1S/C13H23N3O/c1-10-11(2)16(9-14-10)7-6-13(3,8-17)15-12-4-5-12/h9,12,15,17H,4-8H2,1-3H3. The number of aryl methyl sites for hydroxylation is 2. The average molecular weight is 237 g/mol.